The molecule has 13 heavy (non-hydrogen) atoms. The van der Waals surface area contributed by atoms with Crippen LogP contribution in [0.4, 0.5) is 0 Å². The first-order valence-corrected chi connectivity index (χ1v) is 6.34. The van der Waals surface area contributed by atoms with Gasteiger partial charge in [0.2, 0.25) is 10.0 Å². The van der Waals surface area contributed by atoms with Crippen LogP contribution in [0.25, 0.3) is 0 Å². The van der Waals surface area contributed by atoms with Gasteiger partial charge in [-0.15, -0.1) is 0 Å². The van der Waals surface area contributed by atoms with Gasteiger partial charge >= 0.3 is 0 Å². The summed E-state index contributed by atoms with van der Waals surface area (Å²) in [4.78, 5) is 0. The highest BCUT2D eigenvalue weighted by Gasteiger charge is 2.42. The highest BCUT2D eigenvalue weighted by Crippen LogP contribution is 2.33. The Balaban J connectivity index is 2.02. The summed E-state index contributed by atoms with van der Waals surface area (Å²) in [6, 6.07) is 0. The molecule has 1 heterocycles. The van der Waals surface area contributed by atoms with Crippen LogP contribution in [0.15, 0.2) is 0 Å². The summed E-state index contributed by atoms with van der Waals surface area (Å²) in [5.74, 6) is 0.383. The molecule has 0 bridgehead atoms. The highest BCUT2D eigenvalue weighted by molar-refractivity contribution is 7.90. The molecule has 0 radical (unpaired) electrons. The molecule has 0 aromatic carbocycles. The van der Waals surface area contributed by atoms with E-state index in [1.54, 1.807) is 4.31 Å². The molecular weight excluding hydrogens is 188 g/mol. The maximum absolute atomic E-state index is 11.7. The quantitative estimate of drug-likeness (QED) is 0.690. The summed E-state index contributed by atoms with van der Waals surface area (Å²) < 4.78 is 25.1. The van der Waals surface area contributed by atoms with Gasteiger partial charge in [0.1, 0.15) is 0 Å². The molecular formula is C8H16N2O2S. The molecule has 76 valence electrons. The molecule has 2 rings (SSSR count). The average molecular weight is 204 g/mol. The molecule has 4 nitrogen and oxygen atoms in total. The molecule has 0 spiro atoms. The van der Waals surface area contributed by atoms with Crippen molar-refractivity contribution in [3.05, 3.63) is 0 Å². The zero-order valence-electron chi connectivity index (χ0n) is 7.65. The van der Waals surface area contributed by atoms with Crippen molar-refractivity contribution in [3.63, 3.8) is 0 Å². The van der Waals surface area contributed by atoms with Gasteiger partial charge in [0.25, 0.3) is 0 Å². The van der Waals surface area contributed by atoms with Crippen LogP contribution in [-0.4, -0.2) is 37.6 Å². The Labute approximate surface area is 79.1 Å². The van der Waals surface area contributed by atoms with Gasteiger partial charge in [0.15, 0.2) is 0 Å². The zero-order chi connectivity index (χ0) is 9.47. The minimum absolute atomic E-state index is 0.0657. The minimum Gasteiger partial charge on any atom is -0.330 e. The first-order chi connectivity index (χ1) is 6.14. The lowest BCUT2D eigenvalue weighted by Gasteiger charge is -2.15. The first-order valence-electron chi connectivity index (χ1n) is 4.83. The van der Waals surface area contributed by atoms with Crippen molar-refractivity contribution in [3.8, 4) is 0 Å². The largest absolute Gasteiger partial charge is 0.330 e. The molecule has 5 heteroatoms. The van der Waals surface area contributed by atoms with E-state index in [9.17, 15) is 8.42 Å². The molecule has 1 aliphatic heterocycles. The summed E-state index contributed by atoms with van der Waals surface area (Å²) in [6.07, 6.45) is 2.64. The summed E-state index contributed by atoms with van der Waals surface area (Å²) >= 11 is 0. The first kappa shape index (κ1) is 9.43. The van der Waals surface area contributed by atoms with Crippen molar-refractivity contribution < 1.29 is 8.42 Å². The van der Waals surface area contributed by atoms with Crippen LogP contribution in [0.1, 0.15) is 19.3 Å². The smallest absolute Gasteiger partial charge is 0.216 e. The van der Waals surface area contributed by atoms with Crippen LogP contribution < -0.4 is 5.73 Å². The van der Waals surface area contributed by atoms with Gasteiger partial charge in [0.05, 0.1) is 5.25 Å². The number of sulfonamides is 1. The van der Waals surface area contributed by atoms with Crippen LogP contribution in [-0.2, 0) is 10.0 Å². The van der Waals surface area contributed by atoms with Crippen molar-refractivity contribution >= 4 is 10.0 Å². The highest BCUT2D eigenvalue weighted by atomic mass is 32.2. The molecule has 2 N–H and O–H groups in total. The SMILES string of the molecule is NCC1CCN(S(=O)(=O)C2CC2)C1. The second-order valence-electron chi connectivity index (χ2n) is 3.99. The van der Waals surface area contributed by atoms with Gasteiger partial charge in [-0.2, -0.15) is 0 Å². The Morgan fingerprint density at radius 1 is 1.31 bits per heavy atom. The van der Waals surface area contributed by atoms with Crippen molar-refractivity contribution in [1.29, 1.82) is 0 Å². The van der Waals surface area contributed by atoms with Crippen molar-refractivity contribution in [1.82, 2.24) is 4.31 Å². The lowest BCUT2D eigenvalue weighted by atomic mass is 10.1. The zero-order valence-corrected chi connectivity index (χ0v) is 8.46. The average Bonchev–Trinajstić information content (AvgIpc) is 2.84. The topological polar surface area (TPSA) is 63.4 Å². The van der Waals surface area contributed by atoms with Gasteiger partial charge in [-0.1, -0.05) is 0 Å². The normalized spacial score (nSPS) is 31.0. The van der Waals surface area contributed by atoms with Crippen LogP contribution in [0, 0.1) is 5.92 Å². The number of hydrogen-bond donors (Lipinski definition) is 1. The molecule has 1 atom stereocenters. The van der Waals surface area contributed by atoms with Crippen molar-refractivity contribution in [2.45, 2.75) is 24.5 Å². The molecule has 0 aromatic rings. The third-order valence-electron chi connectivity index (χ3n) is 2.89. The molecule has 0 amide bonds. The number of rotatable bonds is 3. The van der Waals surface area contributed by atoms with Gasteiger partial charge in [-0.25, -0.2) is 12.7 Å². The van der Waals surface area contributed by atoms with Crippen molar-refractivity contribution in [2.24, 2.45) is 11.7 Å². The Bertz CT molecular complexity index is 285. The van der Waals surface area contributed by atoms with Gasteiger partial charge in [0, 0.05) is 13.1 Å². The van der Waals surface area contributed by atoms with E-state index in [1.807, 2.05) is 0 Å². The Morgan fingerprint density at radius 2 is 2.00 bits per heavy atom. The van der Waals surface area contributed by atoms with Crippen LogP contribution in [0.3, 0.4) is 0 Å². The number of nitrogens with zero attached hydrogens (tertiary/aromatic N) is 1. The monoisotopic (exact) mass is 204 g/mol. The van der Waals surface area contributed by atoms with E-state index < -0.39 is 10.0 Å². The predicted molar refractivity (Wildman–Crippen MR) is 50.7 cm³/mol. The van der Waals surface area contributed by atoms with Crippen molar-refractivity contribution in [2.75, 3.05) is 19.6 Å². The Morgan fingerprint density at radius 3 is 2.46 bits per heavy atom. The fraction of sp³-hybridized carbons (Fsp3) is 1.00. The molecule has 2 aliphatic rings. The van der Waals surface area contributed by atoms with E-state index in [4.69, 9.17) is 5.73 Å². The number of nitrogens with two attached hydrogens (primary N) is 1. The van der Waals surface area contributed by atoms with Gasteiger partial charge in [-0.3, -0.25) is 0 Å². The molecule has 0 aromatic heterocycles. The van der Waals surface area contributed by atoms with E-state index in [1.165, 1.54) is 0 Å². The lowest BCUT2D eigenvalue weighted by Crippen LogP contribution is -2.32. The van der Waals surface area contributed by atoms with E-state index in [2.05, 4.69) is 0 Å². The van der Waals surface area contributed by atoms with Crippen LogP contribution >= 0.6 is 0 Å². The van der Waals surface area contributed by atoms with E-state index in [-0.39, 0.29) is 5.25 Å². The predicted octanol–water partition coefficient (Wildman–Crippen LogP) is -0.241. The third kappa shape index (κ3) is 1.73. The molecule has 1 saturated carbocycles. The minimum atomic E-state index is -2.93. The fourth-order valence-corrected chi connectivity index (χ4v) is 3.73. The van der Waals surface area contributed by atoms with Crippen LogP contribution in [0.5, 0.6) is 0 Å². The molecule has 1 aliphatic carbocycles. The summed E-state index contributed by atoms with van der Waals surface area (Å²) in [5.41, 5.74) is 5.51. The summed E-state index contributed by atoms with van der Waals surface area (Å²) in [7, 11) is -2.93. The van der Waals surface area contributed by atoms with Gasteiger partial charge in [-0.05, 0) is 31.7 Å². The lowest BCUT2D eigenvalue weighted by molar-refractivity contribution is 0.458. The van der Waals surface area contributed by atoms with E-state index in [0.29, 0.717) is 25.6 Å². The molecule has 2 fully saturated rings. The second kappa shape index (κ2) is 3.22. The van der Waals surface area contributed by atoms with Gasteiger partial charge < -0.3 is 5.73 Å². The Kier molecular flexibility index (Phi) is 2.33. The molecule has 1 unspecified atom stereocenters. The fourth-order valence-electron chi connectivity index (χ4n) is 1.80. The second-order valence-corrected chi connectivity index (χ2v) is 6.21. The Hall–Kier alpha value is -0.130. The maximum Gasteiger partial charge on any atom is 0.216 e. The van der Waals surface area contributed by atoms with E-state index >= 15 is 0 Å². The summed E-state index contributed by atoms with van der Waals surface area (Å²) in [6.45, 7) is 1.94. The van der Waals surface area contributed by atoms with Crippen LogP contribution in [0.2, 0.25) is 0 Å². The van der Waals surface area contributed by atoms with E-state index in [0.717, 1.165) is 19.3 Å². The molecule has 1 saturated heterocycles. The standard InChI is InChI=1S/C8H16N2O2S/c9-5-7-3-4-10(6-7)13(11,12)8-1-2-8/h7-8H,1-6,9H2. The number of hydrogen-bond acceptors (Lipinski definition) is 3. The third-order valence-corrected chi connectivity index (χ3v) is 5.25. The summed E-state index contributed by atoms with van der Waals surface area (Å²) in [5, 5.41) is -0.0657. The maximum atomic E-state index is 11.7.